The molecule has 0 saturated carbocycles. The summed E-state index contributed by atoms with van der Waals surface area (Å²) in [4.78, 5) is 0. The van der Waals surface area contributed by atoms with E-state index in [1.54, 1.807) is 7.11 Å². The quantitative estimate of drug-likeness (QED) is 0.0483. The standard InChI is InChI=1S/C24H48O6P2.C24H43OP.C7H9OP/c1-3-4-5-6-7-8-9-10-11-12-13-14-15-16-17-18-19-26-32-29-22-24(23-30-32)20-27-31(25-2)28-21-24;1-2-3-4-5-6-7-8-9-10-11-12-13-14-15-16-20-23-26-25-24-21-18-17-19-22-24;1-9-8-7-5-3-2-4-6-7/h3-23H2,1-2H3;17-19,21-22,26H,2-16,20,23H2,1H3;2-6,9H,1H3. The largest absolute Gasteiger partial charge is 0.477 e. The van der Waals surface area contributed by atoms with Crippen LogP contribution in [0.15, 0.2) is 60.7 Å². The summed E-state index contributed by atoms with van der Waals surface area (Å²) in [7, 11) is 0.343. The van der Waals surface area contributed by atoms with Crippen LogP contribution in [0.4, 0.5) is 0 Å². The van der Waals surface area contributed by atoms with E-state index in [0.29, 0.717) is 44.0 Å². The summed E-state index contributed by atoms with van der Waals surface area (Å²) < 4.78 is 44.6. The molecule has 0 bridgehead atoms. The summed E-state index contributed by atoms with van der Waals surface area (Å²) >= 11 is 0. The molecule has 388 valence electrons. The molecule has 67 heavy (non-hydrogen) atoms. The topological polar surface area (TPSA) is 73.8 Å². The van der Waals surface area contributed by atoms with Crippen molar-refractivity contribution >= 4 is 34.8 Å². The number of rotatable bonds is 40. The third-order valence-electron chi connectivity index (χ3n) is 12.3. The molecule has 2 heterocycles. The lowest BCUT2D eigenvalue weighted by atomic mass is 9.93. The minimum absolute atomic E-state index is 0.214. The van der Waals surface area contributed by atoms with Gasteiger partial charge in [-0.2, -0.15) is 0 Å². The number of hydrogen-bond acceptors (Lipinski definition) is 8. The molecule has 4 rings (SSSR count). The van der Waals surface area contributed by atoms with Gasteiger partial charge in [0.25, 0.3) is 0 Å². The van der Waals surface area contributed by atoms with Crippen molar-refractivity contribution in [2.45, 2.75) is 219 Å². The first-order valence-electron chi connectivity index (χ1n) is 27.3. The van der Waals surface area contributed by atoms with Gasteiger partial charge in [-0.3, -0.25) is 0 Å². The monoisotopic (exact) mass is 1010 g/mol. The zero-order valence-corrected chi connectivity index (χ0v) is 47.1. The van der Waals surface area contributed by atoms with Crippen molar-refractivity contribution in [2.24, 2.45) is 5.41 Å². The van der Waals surface area contributed by atoms with E-state index in [1.807, 2.05) is 67.3 Å². The summed E-state index contributed by atoms with van der Waals surface area (Å²) in [6, 6.07) is 20.0. The van der Waals surface area contributed by atoms with Gasteiger partial charge in [-0.05, 0) is 43.8 Å². The van der Waals surface area contributed by atoms with E-state index in [0.717, 1.165) is 24.5 Å². The molecule has 0 aliphatic carbocycles. The maximum absolute atomic E-state index is 5.80. The van der Waals surface area contributed by atoms with Crippen LogP contribution in [0.25, 0.3) is 0 Å². The zero-order valence-electron chi connectivity index (χ0n) is 43.3. The highest BCUT2D eigenvalue weighted by Gasteiger charge is 2.43. The fraction of sp³-hybridized carbons (Fsp3) is 0.782. The maximum Gasteiger partial charge on any atom is 0.332 e. The molecule has 2 aromatic rings. The normalized spacial score (nSPS) is 18.3. The number of benzene rings is 2. The van der Waals surface area contributed by atoms with Crippen molar-refractivity contribution < 1.29 is 36.2 Å². The van der Waals surface area contributed by atoms with Gasteiger partial charge < -0.3 is 36.2 Å². The molecule has 0 radical (unpaired) electrons. The number of para-hydroxylation sites is 2. The van der Waals surface area contributed by atoms with Crippen LogP contribution in [-0.4, -0.2) is 53.0 Å². The van der Waals surface area contributed by atoms with E-state index < -0.39 is 17.2 Å². The van der Waals surface area contributed by atoms with Gasteiger partial charge in [0, 0.05) is 13.3 Å². The van der Waals surface area contributed by atoms with Gasteiger partial charge in [0.2, 0.25) is 0 Å². The van der Waals surface area contributed by atoms with Gasteiger partial charge in [-0.1, -0.05) is 243 Å². The minimum atomic E-state index is -1.22. The summed E-state index contributed by atoms with van der Waals surface area (Å²) in [6.07, 6.45) is 46.2. The van der Waals surface area contributed by atoms with Crippen LogP contribution in [0.5, 0.6) is 11.5 Å². The van der Waals surface area contributed by atoms with E-state index in [-0.39, 0.29) is 5.41 Å². The van der Waals surface area contributed by atoms with Crippen LogP contribution >= 0.6 is 34.8 Å². The predicted molar refractivity (Wildman–Crippen MR) is 294 cm³/mol. The molecule has 2 aromatic carbocycles. The predicted octanol–water partition coefficient (Wildman–Crippen LogP) is 19.7. The first-order chi connectivity index (χ1) is 33.1. The lowest BCUT2D eigenvalue weighted by molar-refractivity contribution is -0.0745. The summed E-state index contributed by atoms with van der Waals surface area (Å²) in [6.45, 7) is 9.53. The van der Waals surface area contributed by atoms with Crippen molar-refractivity contribution in [2.75, 3.05) is 53.0 Å². The fourth-order valence-corrected chi connectivity index (χ4v) is 11.5. The van der Waals surface area contributed by atoms with Crippen LogP contribution in [0, 0.1) is 5.41 Å². The van der Waals surface area contributed by atoms with E-state index in [2.05, 4.69) is 13.8 Å². The Morgan fingerprint density at radius 1 is 0.433 bits per heavy atom. The molecular formula is C55H100O8P4. The third kappa shape index (κ3) is 37.9. The second-order valence-corrected chi connectivity index (χ2v) is 22.7. The van der Waals surface area contributed by atoms with Crippen molar-refractivity contribution in [3.8, 4) is 11.5 Å². The lowest BCUT2D eigenvalue weighted by Crippen LogP contribution is -2.44. The maximum atomic E-state index is 5.80. The average molecular weight is 1010 g/mol. The third-order valence-corrected chi connectivity index (χ3v) is 15.7. The van der Waals surface area contributed by atoms with E-state index >= 15 is 0 Å². The molecule has 0 N–H and O–H groups in total. The van der Waals surface area contributed by atoms with Gasteiger partial charge in [0.05, 0.1) is 56.1 Å². The number of unbranched alkanes of at least 4 members (excludes halogenated alkanes) is 30. The van der Waals surface area contributed by atoms with Crippen molar-refractivity contribution in [3.63, 3.8) is 0 Å². The van der Waals surface area contributed by atoms with Gasteiger partial charge >= 0.3 is 17.2 Å². The second kappa shape index (κ2) is 47.8. The highest BCUT2D eigenvalue weighted by molar-refractivity contribution is 7.42. The van der Waals surface area contributed by atoms with E-state index in [4.69, 9.17) is 36.2 Å². The van der Waals surface area contributed by atoms with Crippen molar-refractivity contribution in [3.05, 3.63) is 60.7 Å². The molecule has 2 unspecified atom stereocenters. The minimum Gasteiger partial charge on any atom is -0.477 e. The number of hydrogen-bond donors (Lipinski definition) is 0. The molecule has 8 nitrogen and oxygen atoms in total. The van der Waals surface area contributed by atoms with Crippen LogP contribution in [0.1, 0.15) is 219 Å². The first-order valence-corrected chi connectivity index (χ1v) is 32.0. The van der Waals surface area contributed by atoms with Crippen LogP contribution in [0.2, 0.25) is 0 Å². The zero-order chi connectivity index (χ0) is 47.8. The Morgan fingerprint density at radius 3 is 1.12 bits per heavy atom. The second-order valence-electron chi connectivity index (χ2n) is 18.6. The summed E-state index contributed by atoms with van der Waals surface area (Å²) in [5.74, 6) is 1.97. The van der Waals surface area contributed by atoms with Gasteiger partial charge in [0.1, 0.15) is 11.5 Å². The van der Waals surface area contributed by atoms with Crippen LogP contribution < -0.4 is 9.05 Å². The Bertz CT molecular complexity index is 1270. The van der Waals surface area contributed by atoms with Crippen molar-refractivity contribution in [1.82, 2.24) is 0 Å². The molecule has 2 fully saturated rings. The highest BCUT2D eigenvalue weighted by Crippen LogP contribution is 2.52. The molecule has 0 aromatic heterocycles. The fourth-order valence-electron chi connectivity index (χ4n) is 8.03. The van der Waals surface area contributed by atoms with E-state index in [9.17, 15) is 0 Å². The summed E-state index contributed by atoms with van der Waals surface area (Å²) in [5, 5.41) is 0. The van der Waals surface area contributed by atoms with Crippen LogP contribution in [0.3, 0.4) is 0 Å². The molecule has 12 heteroatoms. The van der Waals surface area contributed by atoms with E-state index in [1.165, 1.54) is 205 Å². The van der Waals surface area contributed by atoms with Gasteiger partial charge in [0.15, 0.2) is 0 Å². The molecule has 2 aliphatic rings. The molecule has 2 saturated heterocycles. The Balaban J connectivity index is 0.000000393. The van der Waals surface area contributed by atoms with Gasteiger partial charge in [-0.25, -0.2) is 0 Å². The lowest BCUT2D eigenvalue weighted by Gasteiger charge is -2.41. The average Bonchev–Trinajstić information content (AvgIpc) is 3.36. The molecular weight excluding hydrogens is 912 g/mol. The summed E-state index contributed by atoms with van der Waals surface area (Å²) in [5.41, 5.74) is -0.214. The Labute approximate surface area is 419 Å². The Hall–Kier alpha value is -0.480. The Kier molecular flexibility index (Phi) is 44.7. The highest BCUT2D eigenvalue weighted by atomic mass is 31.2. The SMILES string of the molecule is CCCCCCCCCCCCCCCCCCOP1OCC2(COP(OC)OC2)CO1.CCCCCCCCCCCCCCCCCCPOc1ccccc1.CPOc1ccccc1. The smallest absolute Gasteiger partial charge is 0.332 e. The first kappa shape index (κ1) is 62.6. The molecule has 2 atom stereocenters. The Morgan fingerprint density at radius 2 is 0.761 bits per heavy atom. The van der Waals surface area contributed by atoms with Crippen molar-refractivity contribution in [1.29, 1.82) is 0 Å². The van der Waals surface area contributed by atoms with Crippen LogP contribution in [-0.2, 0) is 27.1 Å². The van der Waals surface area contributed by atoms with Gasteiger partial charge in [-0.15, -0.1) is 0 Å². The molecule has 2 aliphatic heterocycles. The molecule has 1 spiro atoms. The molecule has 0 amide bonds.